The predicted molar refractivity (Wildman–Crippen MR) is 79.8 cm³/mol. The first kappa shape index (κ1) is 14.6. The van der Waals surface area contributed by atoms with E-state index in [1.54, 1.807) is 12.1 Å². The van der Waals surface area contributed by atoms with Gasteiger partial charge in [0, 0.05) is 18.6 Å². The van der Waals surface area contributed by atoms with Crippen LogP contribution in [0.2, 0.25) is 0 Å². The van der Waals surface area contributed by atoms with E-state index in [1.807, 2.05) is 24.3 Å². The van der Waals surface area contributed by atoms with Gasteiger partial charge in [-0.1, -0.05) is 42.5 Å². The molecule has 2 aromatic rings. The van der Waals surface area contributed by atoms with E-state index in [2.05, 4.69) is 17.4 Å². The van der Waals surface area contributed by atoms with Gasteiger partial charge in [-0.2, -0.15) is 0 Å². The Balaban J connectivity index is 1.98. The van der Waals surface area contributed by atoms with Gasteiger partial charge in [0.1, 0.15) is 5.75 Å². The topological polar surface area (TPSA) is 61.7 Å². The predicted octanol–water partition coefficient (Wildman–Crippen LogP) is 0.665. The number of rotatable bonds is 6. The molecular formula is C15H18BNO3. The number of hydrogen-bond donors (Lipinski definition) is 3. The molecule has 0 aliphatic rings. The molecule has 0 fully saturated rings. The molecule has 0 aliphatic heterocycles. The first-order chi connectivity index (χ1) is 9.70. The Morgan fingerprint density at radius 3 is 2.35 bits per heavy atom. The van der Waals surface area contributed by atoms with Crippen LogP contribution in [0, 0.1) is 0 Å². The number of methoxy groups -OCH3 is 1. The standard InChI is InChI=1S/C15H18BNO3/c1-20-15-8-7-13(9-14(15)16(18)19)11-17-10-12-5-3-2-4-6-12/h2-9,17-19H,10-11H2,1H3. The van der Waals surface area contributed by atoms with Crippen LogP contribution >= 0.6 is 0 Å². The van der Waals surface area contributed by atoms with Crippen molar-refractivity contribution in [2.45, 2.75) is 13.1 Å². The van der Waals surface area contributed by atoms with Gasteiger partial charge in [0.25, 0.3) is 0 Å². The van der Waals surface area contributed by atoms with E-state index in [4.69, 9.17) is 4.74 Å². The number of ether oxygens (including phenoxy) is 1. The molecule has 0 aliphatic carbocycles. The highest BCUT2D eigenvalue weighted by molar-refractivity contribution is 6.59. The van der Waals surface area contributed by atoms with Crippen LogP contribution < -0.4 is 15.5 Å². The SMILES string of the molecule is COc1ccc(CNCc2ccccc2)cc1B(O)O. The Kier molecular flexibility index (Phi) is 5.18. The third-order valence-electron chi connectivity index (χ3n) is 3.07. The van der Waals surface area contributed by atoms with E-state index in [-0.39, 0.29) is 0 Å². The number of hydrogen-bond acceptors (Lipinski definition) is 4. The Morgan fingerprint density at radius 1 is 1.00 bits per heavy atom. The van der Waals surface area contributed by atoms with Gasteiger partial charge in [0.2, 0.25) is 0 Å². The van der Waals surface area contributed by atoms with Crippen molar-refractivity contribution in [3.63, 3.8) is 0 Å². The second-order valence-electron chi connectivity index (χ2n) is 4.54. The van der Waals surface area contributed by atoms with Gasteiger partial charge in [-0.05, 0) is 17.2 Å². The second-order valence-corrected chi connectivity index (χ2v) is 4.54. The summed E-state index contributed by atoms with van der Waals surface area (Å²) in [6, 6.07) is 15.5. The molecule has 0 amide bonds. The molecule has 0 unspecified atom stereocenters. The summed E-state index contributed by atoms with van der Waals surface area (Å²) in [7, 11) is -0.0202. The van der Waals surface area contributed by atoms with Crippen molar-refractivity contribution < 1.29 is 14.8 Å². The van der Waals surface area contributed by atoms with E-state index < -0.39 is 7.12 Å². The van der Waals surface area contributed by atoms with Crippen molar-refractivity contribution in [2.24, 2.45) is 0 Å². The van der Waals surface area contributed by atoms with E-state index >= 15 is 0 Å². The van der Waals surface area contributed by atoms with Gasteiger partial charge in [-0.15, -0.1) is 0 Å². The molecule has 2 aromatic carbocycles. The molecule has 0 spiro atoms. The van der Waals surface area contributed by atoms with Crippen molar-refractivity contribution in [3.8, 4) is 5.75 Å². The molecule has 0 radical (unpaired) electrons. The zero-order valence-corrected chi connectivity index (χ0v) is 11.4. The smallest absolute Gasteiger partial charge is 0.492 e. The van der Waals surface area contributed by atoms with Crippen molar-refractivity contribution in [1.29, 1.82) is 0 Å². The molecule has 4 nitrogen and oxygen atoms in total. The molecule has 0 saturated heterocycles. The molecule has 104 valence electrons. The van der Waals surface area contributed by atoms with E-state index in [1.165, 1.54) is 12.7 Å². The van der Waals surface area contributed by atoms with Crippen LogP contribution in [0.3, 0.4) is 0 Å². The first-order valence-electron chi connectivity index (χ1n) is 6.48. The summed E-state index contributed by atoms with van der Waals surface area (Å²) in [5, 5.41) is 22.0. The summed E-state index contributed by atoms with van der Waals surface area (Å²) < 4.78 is 5.10. The fourth-order valence-electron chi connectivity index (χ4n) is 2.04. The average Bonchev–Trinajstić information content (AvgIpc) is 2.48. The fraction of sp³-hybridized carbons (Fsp3) is 0.200. The van der Waals surface area contributed by atoms with E-state index in [0.717, 1.165) is 12.1 Å². The summed E-state index contributed by atoms with van der Waals surface area (Å²) in [5.74, 6) is 0.479. The van der Waals surface area contributed by atoms with Crippen LogP contribution in [0.15, 0.2) is 48.5 Å². The van der Waals surface area contributed by atoms with Crippen LogP contribution in [-0.4, -0.2) is 24.3 Å². The van der Waals surface area contributed by atoms with Crippen molar-refractivity contribution in [3.05, 3.63) is 59.7 Å². The van der Waals surface area contributed by atoms with Crippen LogP contribution in [0.4, 0.5) is 0 Å². The van der Waals surface area contributed by atoms with Crippen LogP contribution in [-0.2, 0) is 13.1 Å². The van der Waals surface area contributed by atoms with Crippen molar-refractivity contribution >= 4 is 12.6 Å². The average molecular weight is 271 g/mol. The van der Waals surface area contributed by atoms with Gasteiger partial charge in [0.05, 0.1) is 7.11 Å². The molecule has 20 heavy (non-hydrogen) atoms. The lowest BCUT2D eigenvalue weighted by Crippen LogP contribution is -2.32. The highest BCUT2D eigenvalue weighted by Crippen LogP contribution is 2.10. The van der Waals surface area contributed by atoms with Gasteiger partial charge in [0.15, 0.2) is 0 Å². The quantitative estimate of drug-likeness (QED) is 0.676. The van der Waals surface area contributed by atoms with Crippen molar-refractivity contribution in [2.75, 3.05) is 7.11 Å². The third kappa shape index (κ3) is 3.84. The molecule has 0 heterocycles. The zero-order valence-electron chi connectivity index (χ0n) is 11.4. The minimum atomic E-state index is -1.53. The highest BCUT2D eigenvalue weighted by atomic mass is 16.5. The minimum Gasteiger partial charge on any atom is -0.497 e. The Bertz CT molecular complexity index is 546. The van der Waals surface area contributed by atoms with Gasteiger partial charge >= 0.3 is 7.12 Å². The third-order valence-corrected chi connectivity index (χ3v) is 3.07. The van der Waals surface area contributed by atoms with E-state index in [0.29, 0.717) is 17.8 Å². The fourth-order valence-corrected chi connectivity index (χ4v) is 2.04. The molecule has 0 saturated carbocycles. The first-order valence-corrected chi connectivity index (χ1v) is 6.48. The lowest BCUT2D eigenvalue weighted by molar-refractivity contribution is 0.403. The van der Waals surface area contributed by atoms with Gasteiger partial charge < -0.3 is 20.1 Å². The number of benzene rings is 2. The summed E-state index contributed by atoms with van der Waals surface area (Å²) in [6.07, 6.45) is 0. The number of nitrogens with one attached hydrogen (secondary N) is 1. The summed E-state index contributed by atoms with van der Waals surface area (Å²) in [6.45, 7) is 1.42. The molecule has 3 N–H and O–H groups in total. The van der Waals surface area contributed by atoms with Crippen molar-refractivity contribution in [1.82, 2.24) is 5.32 Å². The Labute approximate surface area is 119 Å². The maximum atomic E-state index is 9.32. The molecule has 0 aromatic heterocycles. The Morgan fingerprint density at radius 2 is 1.70 bits per heavy atom. The monoisotopic (exact) mass is 271 g/mol. The Hall–Kier alpha value is -1.82. The van der Waals surface area contributed by atoms with Gasteiger partial charge in [-0.25, -0.2) is 0 Å². The molecular weight excluding hydrogens is 253 g/mol. The zero-order chi connectivity index (χ0) is 14.4. The van der Waals surface area contributed by atoms with Crippen LogP contribution in [0.1, 0.15) is 11.1 Å². The molecule has 5 heteroatoms. The summed E-state index contributed by atoms with van der Waals surface area (Å²) in [5.41, 5.74) is 2.57. The maximum Gasteiger partial charge on any atom is 0.492 e. The summed E-state index contributed by atoms with van der Waals surface area (Å²) >= 11 is 0. The molecule has 2 rings (SSSR count). The van der Waals surface area contributed by atoms with Crippen LogP contribution in [0.25, 0.3) is 0 Å². The highest BCUT2D eigenvalue weighted by Gasteiger charge is 2.17. The maximum absolute atomic E-state index is 9.32. The largest absolute Gasteiger partial charge is 0.497 e. The van der Waals surface area contributed by atoms with Gasteiger partial charge in [-0.3, -0.25) is 0 Å². The minimum absolute atomic E-state index is 0.381. The second kappa shape index (κ2) is 7.10. The van der Waals surface area contributed by atoms with E-state index in [9.17, 15) is 10.0 Å². The summed E-state index contributed by atoms with van der Waals surface area (Å²) in [4.78, 5) is 0. The molecule has 0 bridgehead atoms. The lowest BCUT2D eigenvalue weighted by Gasteiger charge is -2.11. The molecule has 0 atom stereocenters. The van der Waals surface area contributed by atoms with Crippen LogP contribution in [0.5, 0.6) is 5.75 Å². The lowest BCUT2D eigenvalue weighted by atomic mass is 9.78. The normalized spacial score (nSPS) is 10.3.